The van der Waals surface area contributed by atoms with Crippen LogP contribution in [0.2, 0.25) is 0 Å². The van der Waals surface area contributed by atoms with E-state index in [2.05, 4.69) is 17.2 Å². The number of carbonyl (C=O) groups excluding carboxylic acids is 1. The summed E-state index contributed by atoms with van der Waals surface area (Å²) in [6.45, 7) is 4.39. The van der Waals surface area contributed by atoms with E-state index in [0.717, 1.165) is 23.2 Å². The normalized spacial score (nSPS) is 9.63. The fourth-order valence-electron chi connectivity index (χ4n) is 1.52. The predicted molar refractivity (Wildman–Crippen MR) is 74.9 cm³/mol. The van der Waals surface area contributed by atoms with Gasteiger partial charge in [-0.2, -0.15) is 0 Å². The molecule has 1 rings (SSSR count). The minimum Gasteiger partial charge on any atom is -0.384 e. The van der Waals surface area contributed by atoms with E-state index in [1.165, 1.54) is 0 Å². The molecule has 0 spiro atoms. The van der Waals surface area contributed by atoms with Crippen LogP contribution in [0, 0.1) is 18.8 Å². The lowest BCUT2D eigenvalue weighted by molar-refractivity contribution is -0.120. The second-order valence-electron chi connectivity index (χ2n) is 4.09. The number of rotatable bonds is 5. The van der Waals surface area contributed by atoms with Crippen LogP contribution in [0.15, 0.2) is 18.2 Å². The smallest absolute Gasteiger partial charge is 0.250 e. The van der Waals surface area contributed by atoms with Crippen LogP contribution in [0.3, 0.4) is 0 Å². The average Bonchev–Trinajstić information content (AvgIpc) is 2.38. The monoisotopic (exact) mass is 261 g/mol. The molecule has 102 valence electrons. The molecule has 2 N–H and O–H groups in total. The van der Waals surface area contributed by atoms with E-state index < -0.39 is 0 Å². The van der Waals surface area contributed by atoms with Gasteiger partial charge >= 0.3 is 0 Å². The summed E-state index contributed by atoms with van der Waals surface area (Å²) >= 11 is 0. The molecule has 0 aliphatic heterocycles. The van der Waals surface area contributed by atoms with Crippen LogP contribution in [0.4, 0.5) is 5.69 Å². The van der Waals surface area contributed by atoms with Crippen LogP contribution in [0.1, 0.15) is 24.5 Å². The lowest BCUT2D eigenvalue weighted by Gasteiger charge is -2.07. The first-order valence-electron chi connectivity index (χ1n) is 6.25. The molecule has 0 fully saturated rings. The molecule has 0 aliphatic carbocycles. The standard InChI is InChI=1S/C15H19NO3/c1-3-9-19-11-15(18)16-14-7-6-13(5-4-8-17)12(2)10-14/h6-7,10,17H,3,8-9,11H2,1-2H3,(H,16,18). The van der Waals surface area contributed by atoms with E-state index in [-0.39, 0.29) is 19.1 Å². The van der Waals surface area contributed by atoms with Crippen LogP contribution in [-0.2, 0) is 9.53 Å². The number of aliphatic hydroxyl groups excluding tert-OH is 1. The van der Waals surface area contributed by atoms with E-state index in [9.17, 15) is 4.79 Å². The summed E-state index contributed by atoms with van der Waals surface area (Å²) in [5.74, 6) is 5.28. The topological polar surface area (TPSA) is 58.6 Å². The van der Waals surface area contributed by atoms with Crippen LogP contribution in [-0.4, -0.2) is 30.8 Å². The Morgan fingerprint density at radius 2 is 2.26 bits per heavy atom. The highest BCUT2D eigenvalue weighted by Gasteiger charge is 2.03. The van der Waals surface area contributed by atoms with E-state index >= 15 is 0 Å². The van der Waals surface area contributed by atoms with Crippen LogP contribution in [0.25, 0.3) is 0 Å². The van der Waals surface area contributed by atoms with Crippen molar-refractivity contribution in [3.05, 3.63) is 29.3 Å². The molecular formula is C15H19NO3. The Morgan fingerprint density at radius 1 is 1.47 bits per heavy atom. The molecule has 4 nitrogen and oxygen atoms in total. The van der Waals surface area contributed by atoms with Crippen molar-refractivity contribution in [3.63, 3.8) is 0 Å². The molecule has 19 heavy (non-hydrogen) atoms. The Bertz CT molecular complexity index is 486. The minimum absolute atomic E-state index is 0.0684. The zero-order chi connectivity index (χ0) is 14.1. The van der Waals surface area contributed by atoms with Crippen LogP contribution in [0.5, 0.6) is 0 Å². The summed E-state index contributed by atoms with van der Waals surface area (Å²) in [6, 6.07) is 5.45. The molecule has 0 aromatic heterocycles. The highest BCUT2D eigenvalue weighted by Crippen LogP contribution is 2.14. The number of aliphatic hydroxyl groups is 1. The van der Waals surface area contributed by atoms with Crippen molar-refractivity contribution < 1.29 is 14.6 Å². The highest BCUT2D eigenvalue weighted by molar-refractivity contribution is 5.91. The quantitative estimate of drug-likeness (QED) is 0.626. The SMILES string of the molecule is CCCOCC(=O)Nc1ccc(C#CCO)c(C)c1. The van der Waals surface area contributed by atoms with Gasteiger partial charge in [-0.15, -0.1) is 0 Å². The maximum atomic E-state index is 11.6. The summed E-state index contributed by atoms with van der Waals surface area (Å²) in [4.78, 5) is 11.6. The molecule has 0 heterocycles. The largest absolute Gasteiger partial charge is 0.384 e. The predicted octanol–water partition coefficient (Wildman–Crippen LogP) is 1.70. The van der Waals surface area contributed by atoms with Crippen molar-refractivity contribution in [1.29, 1.82) is 0 Å². The van der Waals surface area contributed by atoms with Crippen molar-refractivity contribution in [2.75, 3.05) is 25.1 Å². The van der Waals surface area contributed by atoms with Gasteiger partial charge in [0.05, 0.1) is 0 Å². The summed E-state index contributed by atoms with van der Waals surface area (Å²) < 4.78 is 5.16. The Morgan fingerprint density at radius 3 is 2.89 bits per heavy atom. The zero-order valence-electron chi connectivity index (χ0n) is 11.3. The third-order valence-corrected chi connectivity index (χ3v) is 2.39. The van der Waals surface area contributed by atoms with Gasteiger partial charge < -0.3 is 15.2 Å². The Balaban J connectivity index is 2.60. The first kappa shape index (κ1) is 15.2. The van der Waals surface area contributed by atoms with Gasteiger partial charge in [0.25, 0.3) is 0 Å². The number of nitrogens with one attached hydrogen (secondary N) is 1. The first-order valence-corrected chi connectivity index (χ1v) is 6.25. The maximum Gasteiger partial charge on any atom is 0.250 e. The number of carbonyl (C=O) groups is 1. The Hall–Kier alpha value is -1.83. The van der Waals surface area contributed by atoms with Crippen molar-refractivity contribution >= 4 is 11.6 Å². The number of aryl methyl sites for hydroxylation is 1. The molecule has 1 aromatic carbocycles. The number of ether oxygens (including phenoxy) is 1. The van der Waals surface area contributed by atoms with Crippen molar-refractivity contribution in [1.82, 2.24) is 0 Å². The second-order valence-corrected chi connectivity index (χ2v) is 4.09. The lowest BCUT2D eigenvalue weighted by Crippen LogP contribution is -2.18. The third kappa shape index (κ3) is 5.56. The van der Waals surface area contributed by atoms with E-state index in [1.807, 2.05) is 26.0 Å². The summed E-state index contributed by atoms with van der Waals surface area (Å²) in [5.41, 5.74) is 2.51. The molecule has 0 saturated heterocycles. The van der Waals surface area contributed by atoms with Gasteiger partial charge in [-0.3, -0.25) is 4.79 Å². The summed E-state index contributed by atoms with van der Waals surface area (Å²) in [5, 5.41) is 11.4. The fourth-order valence-corrected chi connectivity index (χ4v) is 1.52. The molecule has 0 bridgehead atoms. The molecule has 0 radical (unpaired) electrons. The molecule has 0 atom stereocenters. The number of benzene rings is 1. The number of hydrogen-bond donors (Lipinski definition) is 2. The molecule has 0 aliphatic rings. The first-order chi connectivity index (χ1) is 9.17. The van der Waals surface area contributed by atoms with Gasteiger partial charge in [0, 0.05) is 17.9 Å². The minimum atomic E-state index is -0.165. The van der Waals surface area contributed by atoms with Gasteiger partial charge in [0.15, 0.2) is 0 Å². The fraction of sp³-hybridized carbons (Fsp3) is 0.400. The molecule has 0 unspecified atom stereocenters. The molecule has 4 heteroatoms. The lowest BCUT2D eigenvalue weighted by atomic mass is 10.1. The highest BCUT2D eigenvalue weighted by atomic mass is 16.5. The van der Waals surface area contributed by atoms with Crippen LogP contribution >= 0.6 is 0 Å². The average molecular weight is 261 g/mol. The van der Waals surface area contributed by atoms with Crippen molar-refractivity contribution in [2.24, 2.45) is 0 Å². The van der Waals surface area contributed by atoms with Gasteiger partial charge in [0.1, 0.15) is 13.2 Å². The molecule has 1 amide bonds. The molecule has 1 aromatic rings. The maximum absolute atomic E-state index is 11.6. The number of anilines is 1. The van der Waals surface area contributed by atoms with Crippen molar-refractivity contribution in [3.8, 4) is 11.8 Å². The third-order valence-electron chi connectivity index (χ3n) is 2.39. The van der Waals surface area contributed by atoms with E-state index in [0.29, 0.717) is 6.61 Å². The van der Waals surface area contributed by atoms with Crippen LogP contribution < -0.4 is 5.32 Å². The van der Waals surface area contributed by atoms with Crippen molar-refractivity contribution in [2.45, 2.75) is 20.3 Å². The Kier molecular flexibility index (Phi) is 6.65. The number of hydrogen-bond acceptors (Lipinski definition) is 3. The zero-order valence-corrected chi connectivity index (χ0v) is 11.3. The Labute approximate surface area is 113 Å². The summed E-state index contributed by atoms with van der Waals surface area (Å²) in [6.07, 6.45) is 0.893. The van der Waals surface area contributed by atoms with Gasteiger partial charge in [-0.05, 0) is 37.1 Å². The van der Waals surface area contributed by atoms with E-state index in [1.54, 1.807) is 6.07 Å². The van der Waals surface area contributed by atoms with E-state index in [4.69, 9.17) is 9.84 Å². The molecular weight excluding hydrogens is 242 g/mol. The molecule has 0 saturated carbocycles. The second kappa shape index (κ2) is 8.30. The van der Waals surface area contributed by atoms with Gasteiger partial charge in [-0.25, -0.2) is 0 Å². The number of amides is 1. The van der Waals surface area contributed by atoms with Gasteiger partial charge in [0.2, 0.25) is 5.91 Å². The van der Waals surface area contributed by atoms with Gasteiger partial charge in [-0.1, -0.05) is 18.8 Å². The summed E-state index contributed by atoms with van der Waals surface area (Å²) in [7, 11) is 0.